The summed E-state index contributed by atoms with van der Waals surface area (Å²) < 4.78 is 15.1. The van der Waals surface area contributed by atoms with Crippen molar-refractivity contribution in [2.45, 2.75) is 39.2 Å². The van der Waals surface area contributed by atoms with Gasteiger partial charge in [0.05, 0.1) is 11.6 Å². The van der Waals surface area contributed by atoms with E-state index in [1.165, 1.54) is 17.7 Å². The molecule has 0 radical (unpaired) electrons. The molecule has 0 spiro atoms. The number of anilines is 1. The van der Waals surface area contributed by atoms with E-state index < -0.39 is 0 Å². The molecule has 3 heterocycles. The Morgan fingerprint density at radius 1 is 1.14 bits per heavy atom. The van der Waals surface area contributed by atoms with Gasteiger partial charge in [-0.05, 0) is 60.2 Å². The minimum absolute atomic E-state index is 0.0788. The van der Waals surface area contributed by atoms with Crippen molar-refractivity contribution >= 4 is 17.2 Å². The number of nitrogens with zero attached hydrogens (tertiary/aromatic N) is 4. The summed E-state index contributed by atoms with van der Waals surface area (Å²) in [5.74, 6) is 1.02. The second-order valence-electron chi connectivity index (χ2n) is 9.52. The van der Waals surface area contributed by atoms with E-state index in [-0.39, 0.29) is 17.6 Å². The van der Waals surface area contributed by atoms with Gasteiger partial charge in [0.25, 0.3) is 0 Å². The summed E-state index contributed by atoms with van der Waals surface area (Å²) in [5.41, 5.74) is 4.88. The van der Waals surface area contributed by atoms with Gasteiger partial charge in [-0.25, -0.2) is 13.9 Å². The van der Waals surface area contributed by atoms with Crippen LogP contribution in [0.3, 0.4) is 0 Å². The minimum Gasteiger partial charge on any atom is -0.354 e. The summed E-state index contributed by atoms with van der Waals surface area (Å²) in [7, 11) is 0. The summed E-state index contributed by atoms with van der Waals surface area (Å²) in [4.78, 5) is 19.8. The Balaban J connectivity index is 1.29. The molecule has 180 valence electrons. The number of fused-ring (bicyclic) bond motifs is 1. The highest BCUT2D eigenvalue weighted by Crippen LogP contribution is 2.28. The van der Waals surface area contributed by atoms with Crippen LogP contribution in [0, 0.1) is 11.7 Å². The maximum Gasteiger partial charge on any atom is 0.225 e. The maximum atomic E-state index is 13.3. The van der Waals surface area contributed by atoms with Crippen LogP contribution in [0.15, 0.2) is 67.0 Å². The fraction of sp³-hybridized carbons (Fsp3) is 0.321. The van der Waals surface area contributed by atoms with Gasteiger partial charge in [0.1, 0.15) is 11.3 Å². The van der Waals surface area contributed by atoms with E-state index in [2.05, 4.69) is 58.4 Å². The van der Waals surface area contributed by atoms with Crippen molar-refractivity contribution < 1.29 is 9.18 Å². The van der Waals surface area contributed by atoms with Gasteiger partial charge in [-0.3, -0.25) is 4.79 Å². The third-order valence-corrected chi connectivity index (χ3v) is 6.71. The molecule has 1 amide bonds. The summed E-state index contributed by atoms with van der Waals surface area (Å²) in [6.45, 7) is 6.33. The molecule has 1 N–H and O–H groups in total. The Hall–Kier alpha value is -3.74. The molecular formula is C28H30FN5O. The number of carbonyl (C=O) groups excluding carboxylic acids is 1. The number of amides is 1. The number of benzene rings is 2. The monoisotopic (exact) mass is 471 g/mol. The topological polar surface area (TPSA) is 62.5 Å². The molecule has 0 bridgehead atoms. The zero-order chi connectivity index (χ0) is 24.4. The van der Waals surface area contributed by atoms with Gasteiger partial charge in [-0.15, -0.1) is 0 Å². The predicted molar refractivity (Wildman–Crippen MR) is 136 cm³/mol. The number of piperidine rings is 1. The van der Waals surface area contributed by atoms with E-state index in [1.807, 2.05) is 12.3 Å². The quantitative estimate of drug-likeness (QED) is 0.420. The smallest absolute Gasteiger partial charge is 0.225 e. The molecular weight excluding hydrogens is 441 g/mol. The van der Waals surface area contributed by atoms with Crippen LogP contribution in [0.1, 0.15) is 43.7 Å². The first kappa shape index (κ1) is 23.0. The van der Waals surface area contributed by atoms with Crippen LogP contribution in [0.4, 0.5) is 10.2 Å². The number of halogens is 1. The zero-order valence-corrected chi connectivity index (χ0v) is 20.1. The lowest BCUT2D eigenvalue weighted by Crippen LogP contribution is -2.43. The van der Waals surface area contributed by atoms with Crippen molar-refractivity contribution in [3.8, 4) is 11.3 Å². The largest absolute Gasteiger partial charge is 0.354 e. The van der Waals surface area contributed by atoms with E-state index in [9.17, 15) is 9.18 Å². The molecule has 1 atom stereocenters. The van der Waals surface area contributed by atoms with Gasteiger partial charge >= 0.3 is 0 Å². The van der Waals surface area contributed by atoms with Crippen molar-refractivity contribution in [1.82, 2.24) is 19.9 Å². The molecule has 0 aliphatic carbocycles. The molecule has 0 saturated carbocycles. The van der Waals surface area contributed by atoms with E-state index in [4.69, 9.17) is 0 Å². The second-order valence-corrected chi connectivity index (χ2v) is 9.52. The van der Waals surface area contributed by atoms with E-state index in [0.29, 0.717) is 19.0 Å². The molecule has 5 rings (SSSR count). The first-order valence-corrected chi connectivity index (χ1v) is 12.2. The van der Waals surface area contributed by atoms with Crippen LogP contribution >= 0.6 is 0 Å². The summed E-state index contributed by atoms with van der Waals surface area (Å²) in [6, 6.07) is 16.7. The minimum atomic E-state index is -0.273. The van der Waals surface area contributed by atoms with Gasteiger partial charge in [0.2, 0.25) is 5.91 Å². The first-order chi connectivity index (χ1) is 17.0. The molecule has 2 aromatic heterocycles. The van der Waals surface area contributed by atoms with Crippen LogP contribution in [-0.2, 0) is 11.3 Å². The van der Waals surface area contributed by atoms with E-state index >= 15 is 0 Å². The lowest BCUT2D eigenvalue weighted by molar-refractivity contribution is -0.125. The normalized spacial score (nSPS) is 16.1. The Kier molecular flexibility index (Phi) is 6.49. The molecule has 35 heavy (non-hydrogen) atoms. The SMILES string of the molecule is CC(C)c1ccc(CNC(=O)[C@H]2CCCN(c3nccn4nc(-c5ccc(F)cc5)cc34)C2)cc1. The number of hydrogen-bond acceptors (Lipinski definition) is 4. The van der Waals surface area contributed by atoms with Gasteiger partial charge in [0, 0.05) is 37.6 Å². The highest BCUT2D eigenvalue weighted by Gasteiger charge is 2.27. The average Bonchev–Trinajstić information content (AvgIpc) is 3.32. The predicted octanol–water partition coefficient (Wildman–Crippen LogP) is 5.19. The molecule has 6 nitrogen and oxygen atoms in total. The number of hydrogen-bond donors (Lipinski definition) is 1. The van der Waals surface area contributed by atoms with Gasteiger partial charge in [-0.2, -0.15) is 5.10 Å². The third kappa shape index (κ3) is 5.04. The van der Waals surface area contributed by atoms with Crippen LogP contribution in [-0.4, -0.2) is 33.6 Å². The van der Waals surface area contributed by atoms with Gasteiger partial charge in [-0.1, -0.05) is 38.1 Å². The molecule has 1 fully saturated rings. The summed E-state index contributed by atoms with van der Waals surface area (Å²) >= 11 is 0. The van der Waals surface area contributed by atoms with Crippen LogP contribution in [0.25, 0.3) is 16.8 Å². The Morgan fingerprint density at radius 3 is 2.66 bits per heavy atom. The summed E-state index contributed by atoms with van der Waals surface area (Å²) in [5, 5.41) is 7.77. The molecule has 2 aromatic carbocycles. The third-order valence-electron chi connectivity index (χ3n) is 6.71. The van der Waals surface area contributed by atoms with Crippen molar-refractivity contribution in [1.29, 1.82) is 0 Å². The standard InChI is InChI=1S/C28H30FN5O/c1-19(2)21-7-5-20(6-8-21)17-31-28(35)23-4-3-14-33(18-23)27-26-16-25(32-34(26)15-13-30-27)22-9-11-24(29)12-10-22/h5-13,15-16,19,23H,3-4,14,17-18H2,1-2H3,(H,31,35)/t23-/m0/s1. The number of aromatic nitrogens is 3. The molecule has 1 saturated heterocycles. The fourth-order valence-electron chi connectivity index (χ4n) is 4.65. The van der Waals surface area contributed by atoms with Crippen LogP contribution in [0.5, 0.6) is 0 Å². The number of carbonyl (C=O) groups is 1. The molecule has 0 unspecified atom stereocenters. The Labute approximate surface area is 204 Å². The van der Waals surface area contributed by atoms with Crippen molar-refractivity contribution in [3.05, 3.63) is 83.9 Å². The second kappa shape index (κ2) is 9.86. The Morgan fingerprint density at radius 2 is 1.91 bits per heavy atom. The van der Waals surface area contributed by atoms with Crippen LogP contribution in [0.2, 0.25) is 0 Å². The van der Waals surface area contributed by atoms with Crippen LogP contribution < -0.4 is 10.2 Å². The molecule has 7 heteroatoms. The Bertz CT molecular complexity index is 1310. The lowest BCUT2D eigenvalue weighted by atomic mass is 9.96. The fourth-order valence-corrected chi connectivity index (χ4v) is 4.65. The van der Waals surface area contributed by atoms with Gasteiger partial charge in [0.15, 0.2) is 5.82 Å². The zero-order valence-electron chi connectivity index (χ0n) is 20.1. The summed E-state index contributed by atoms with van der Waals surface area (Å²) in [6.07, 6.45) is 5.32. The number of rotatable bonds is 6. The maximum absolute atomic E-state index is 13.3. The van der Waals surface area contributed by atoms with E-state index in [1.54, 1.807) is 22.8 Å². The first-order valence-electron chi connectivity index (χ1n) is 12.2. The van der Waals surface area contributed by atoms with Crippen molar-refractivity contribution in [2.24, 2.45) is 5.92 Å². The molecule has 1 aliphatic rings. The highest BCUT2D eigenvalue weighted by atomic mass is 19.1. The van der Waals surface area contributed by atoms with Gasteiger partial charge < -0.3 is 10.2 Å². The lowest BCUT2D eigenvalue weighted by Gasteiger charge is -2.33. The van der Waals surface area contributed by atoms with E-state index in [0.717, 1.165) is 47.5 Å². The van der Waals surface area contributed by atoms with Crippen molar-refractivity contribution in [2.75, 3.05) is 18.0 Å². The van der Waals surface area contributed by atoms with Crippen molar-refractivity contribution in [3.63, 3.8) is 0 Å². The molecule has 1 aliphatic heterocycles. The number of nitrogens with one attached hydrogen (secondary N) is 1. The average molecular weight is 472 g/mol. The molecule has 4 aromatic rings. The highest BCUT2D eigenvalue weighted by molar-refractivity contribution is 5.81.